The van der Waals surface area contributed by atoms with Gasteiger partial charge >= 0.3 is 5.97 Å². The third kappa shape index (κ3) is 2.44. The number of aliphatic carboxylic acids is 1. The summed E-state index contributed by atoms with van der Waals surface area (Å²) in [5.41, 5.74) is 0.250. The van der Waals surface area contributed by atoms with Gasteiger partial charge < -0.3 is 14.7 Å². The Morgan fingerprint density at radius 3 is 3.00 bits per heavy atom. The maximum atomic E-state index is 12.2. The second-order valence-electron chi connectivity index (χ2n) is 3.78. The molecule has 0 spiro atoms. The minimum absolute atomic E-state index is 0.0101. The minimum Gasteiger partial charge on any atom is -0.480 e. The number of carboxylic acid groups (broad SMARTS) is 1. The van der Waals surface area contributed by atoms with E-state index in [4.69, 9.17) is 21.4 Å². The number of carbonyl (C=O) groups excluding carboxylic acids is 1. The van der Waals surface area contributed by atoms with E-state index in [0.29, 0.717) is 6.61 Å². The maximum Gasteiger partial charge on any atom is 0.328 e. The van der Waals surface area contributed by atoms with E-state index in [2.05, 4.69) is 4.98 Å². The molecule has 96 valence electrons. The van der Waals surface area contributed by atoms with Crippen LogP contribution in [-0.2, 0) is 9.53 Å². The summed E-state index contributed by atoms with van der Waals surface area (Å²) in [6.45, 7) is 0.538. The van der Waals surface area contributed by atoms with Crippen molar-refractivity contribution in [3.8, 4) is 0 Å². The van der Waals surface area contributed by atoms with Gasteiger partial charge in [0.15, 0.2) is 6.04 Å². The number of amides is 1. The van der Waals surface area contributed by atoms with Crippen LogP contribution in [0.25, 0.3) is 0 Å². The number of halogens is 1. The summed E-state index contributed by atoms with van der Waals surface area (Å²) < 4.78 is 5.07. The van der Waals surface area contributed by atoms with Crippen molar-refractivity contribution in [2.24, 2.45) is 0 Å². The van der Waals surface area contributed by atoms with Crippen LogP contribution in [0, 0.1) is 0 Å². The molecule has 1 N–H and O–H groups in total. The van der Waals surface area contributed by atoms with E-state index in [1.165, 1.54) is 23.4 Å². The number of carboxylic acids is 1. The second kappa shape index (κ2) is 5.32. The van der Waals surface area contributed by atoms with Gasteiger partial charge in [0, 0.05) is 18.9 Å². The fourth-order valence-electron chi connectivity index (χ4n) is 1.75. The van der Waals surface area contributed by atoms with Gasteiger partial charge in [-0.3, -0.25) is 9.78 Å². The SMILES string of the molecule is O=C(O)C1COCCN1C(=O)c1ccncc1Cl. The van der Waals surface area contributed by atoms with Gasteiger partial charge in [-0.1, -0.05) is 11.6 Å². The Hall–Kier alpha value is -1.66. The molecular formula is C11H11ClN2O4. The van der Waals surface area contributed by atoms with E-state index >= 15 is 0 Å². The van der Waals surface area contributed by atoms with Crippen LogP contribution in [0.4, 0.5) is 0 Å². The number of hydrogen-bond donors (Lipinski definition) is 1. The molecule has 1 unspecified atom stereocenters. The van der Waals surface area contributed by atoms with Crippen LogP contribution in [0.3, 0.4) is 0 Å². The van der Waals surface area contributed by atoms with Crippen LogP contribution in [0.2, 0.25) is 5.02 Å². The van der Waals surface area contributed by atoms with E-state index in [1.807, 2.05) is 0 Å². The molecule has 1 atom stereocenters. The van der Waals surface area contributed by atoms with Gasteiger partial charge in [-0.15, -0.1) is 0 Å². The van der Waals surface area contributed by atoms with E-state index < -0.39 is 17.9 Å². The molecule has 0 saturated carbocycles. The van der Waals surface area contributed by atoms with Gasteiger partial charge in [-0.2, -0.15) is 0 Å². The van der Waals surface area contributed by atoms with Crippen molar-refractivity contribution in [3.05, 3.63) is 29.0 Å². The largest absolute Gasteiger partial charge is 0.480 e. The van der Waals surface area contributed by atoms with E-state index in [1.54, 1.807) is 0 Å². The molecule has 6 nitrogen and oxygen atoms in total. The van der Waals surface area contributed by atoms with Gasteiger partial charge in [-0.25, -0.2) is 4.79 Å². The molecule has 1 aliphatic rings. The molecule has 2 rings (SSSR count). The van der Waals surface area contributed by atoms with Gasteiger partial charge in [-0.05, 0) is 6.07 Å². The molecule has 0 aromatic carbocycles. The number of aromatic nitrogens is 1. The van der Waals surface area contributed by atoms with Crippen LogP contribution in [0.5, 0.6) is 0 Å². The summed E-state index contributed by atoms with van der Waals surface area (Å²) >= 11 is 5.88. The molecule has 0 radical (unpaired) electrons. The Balaban J connectivity index is 2.27. The predicted octanol–water partition coefficient (Wildman–Crippen LogP) is 0.661. The Bertz CT molecular complexity index is 480. The summed E-state index contributed by atoms with van der Waals surface area (Å²) in [6, 6.07) is 0.495. The van der Waals surface area contributed by atoms with Crippen LogP contribution in [0.1, 0.15) is 10.4 Å². The van der Waals surface area contributed by atoms with Crippen molar-refractivity contribution in [3.63, 3.8) is 0 Å². The zero-order chi connectivity index (χ0) is 13.1. The molecule has 2 heterocycles. The van der Waals surface area contributed by atoms with Crippen LogP contribution in [-0.4, -0.2) is 52.7 Å². The van der Waals surface area contributed by atoms with Crippen LogP contribution in [0.15, 0.2) is 18.5 Å². The fraction of sp³-hybridized carbons (Fsp3) is 0.364. The van der Waals surface area contributed by atoms with Crippen molar-refractivity contribution in [2.75, 3.05) is 19.8 Å². The van der Waals surface area contributed by atoms with E-state index in [-0.39, 0.29) is 23.7 Å². The number of morpholine rings is 1. The fourth-order valence-corrected chi connectivity index (χ4v) is 1.95. The predicted molar refractivity (Wildman–Crippen MR) is 62.5 cm³/mol. The lowest BCUT2D eigenvalue weighted by atomic mass is 10.1. The first-order chi connectivity index (χ1) is 8.61. The average Bonchev–Trinajstić information content (AvgIpc) is 2.38. The number of carbonyl (C=O) groups is 2. The third-order valence-corrected chi connectivity index (χ3v) is 2.98. The summed E-state index contributed by atoms with van der Waals surface area (Å²) in [6.07, 6.45) is 2.79. The zero-order valence-electron chi connectivity index (χ0n) is 9.38. The molecule has 0 aliphatic carbocycles. The molecule has 0 bridgehead atoms. The number of hydrogen-bond acceptors (Lipinski definition) is 4. The smallest absolute Gasteiger partial charge is 0.328 e. The highest BCUT2D eigenvalue weighted by Crippen LogP contribution is 2.18. The highest BCUT2D eigenvalue weighted by Gasteiger charge is 2.33. The normalized spacial score (nSPS) is 19.6. The lowest BCUT2D eigenvalue weighted by Gasteiger charge is -2.33. The first-order valence-corrected chi connectivity index (χ1v) is 5.70. The van der Waals surface area contributed by atoms with Gasteiger partial charge in [0.1, 0.15) is 0 Å². The number of rotatable bonds is 2. The minimum atomic E-state index is -1.09. The molecule has 1 aromatic heterocycles. The Labute approximate surface area is 108 Å². The molecular weight excluding hydrogens is 260 g/mol. The highest BCUT2D eigenvalue weighted by molar-refractivity contribution is 6.33. The molecule has 1 saturated heterocycles. The lowest BCUT2D eigenvalue weighted by molar-refractivity contribution is -0.147. The van der Waals surface area contributed by atoms with Crippen molar-refractivity contribution in [1.82, 2.24) is 9.88 Å². The van der Waals surface area contributed by atoms with Crippen LogP contribution >= 0.6 is 11.6 Å². The summed E-state index contributed by atoms with van der Waals surface area (Å²) in [5.74, 6) is -1.51. The van der Waals surface area contributed by atoms with E-state index in [0.717, 1.165) is 0 Å². The van der Waals surface area contributed by atoms with E-state index in [9.17, 15) is 9.59 Å². The molecule has 1 fully saturated rings. The van der Waals surface area contributed by atoms with Gasteiger partial charge in [0.25, 0.3) is 5.91 Å². The van der Waals surface area contributed by atoms with Crippen molar-refractivity contribution in [1.29, 1.82) is 0 Å². The second-order valence-corrected chi connectivity index (χ2v) is 4.19. The quantitative estimate of drug-likeness (QED) is 0.854. The first kappa shape index (κ1) is 12.8. The van der Waals surface area contributed by atoms with Gasteiger partial charge in [0.2, 0.25) is 0 Å². The van der Waals surface area contributed by atoms with Crippen molar-refractivity contribution in [2.45, 2.75) is 6.04 Å². The first-order valence-electron chi connectivity index (χ1n) is 5.32. The number of ether oxygens (including phenoxy) is 1. The highest BCUT2D eigenvalue weighted by atomic mass is 35.5. The molecule has 1 amide bonds. The third-order valence-electron chi connectivity index (χ3n) is 2.68. The number of nitrogens with zero attached hydrogens (tertiary/aromatic N) is 2. The zero-order valence-corrected chi connectivity index (χ0v) is 10.1. The molecule has 1 aromatic rings. The maximum absolute atomic E-state index is 12.2. The van der Waals surface area contributed by atoms with Crippen molar-refractivity contribution < 1.29 is 19.4 Å². The standard InChI is InChI=1S/C11H11ClN2O4/c12-8-5-13-2-1-7(8)10(15)14-3-4-18-6-9(14)11(16)17/h1-2,5,9H,3-4,6H2,(H,16,17). The lowest BCUT2D eigenvalue weighted by Crippen LogP contribution is -2.52. The topological polar surface area (TPSA) is 79.7 Å². The van der Waals surface area contributed by atoms with Gasteiger partial charge in [0.05, 0.1) is 23.8 Å². The molecule has 18 heavy (non-hydrogen) atoms. The summed E-state index contributed by atoms with van der Waals surface area (Å²) in [7, 11) is 0. The number of pyridine rings is 1. The van der Waals surface area contributed by atoms with Crippen LogP contribution < -0.4 is 0 Å². The molecule has 1 aliphatic heterocycles. The Morgan fingerprint density at radius 1 is 1.56 bits per heavy atom. The summed E-state index contributed by atoms with van der Waals surface area (Å²) in [4.78, 5) is 28.3. The summed E-state index contributed by atoms with van der Waals surface area (Å²) in [5, 5.41) is 9.26. The average molecular weight is 271 g/mol. The monoisotopic (exact) mass is 270 g/mol. The Kier molecular flexibility index (Phi) is 3.78. The Morgan fingerprint density at radius 2 is 2.33 bits per heavy atom. The van der Waals surface area contributed by atoms with Crippen molar-refractivity contribution >= 4 is 23.5 Å². The molecule has 7 heteroatoms.